The van der Waals surface area contributed by atoms with Crippen LogP contribution in [0.3, 0.4) is 0 Å². The van der Waals surface area contributed by atoms with Crippen LogP contribution in [0.15, 0.2) is 53.3 Å². The Morgan fingerprint density at radius 1 is 1.12 bits per heavy atom. The summed E-state index contributed by atoms with van der Waals surface area (Å²) in [7, 11) is 0. The molecule has 1 aliphatic carbocycles. The van der Waals surface area contributed by atoms with Crippen LogP contribution in [0.5, 0.6) is 0 Å². The Morgan fingerprint density at radius 2 is 1.82 bits per heavy atom. The number of aromatic nitrogens is 1. The van der Waals surface area contributed by atoms with Crippen LogP contribution in [0.1, 0.15) is 48.5 Å². The van der Waals surface area contributed by atoms with Crippen molar-refractivity contribution in [1.82, 2.24) is 10.5 Å². The van der Waals surface area contributed by atoms with Crippen LogP contribution in [-0.2, 0) is 5.92 Å². The van der Waals surface area contributed by atoms with E-state index >= 15 is 0 Å². The highest BCUT2D eigenvalue weighted by molar-refractivity contribution is 6.33. The first-order valence-corrected chi connectivity index (χ1v) is 11.9. The number of hydrogen-bond donors (Lipinski definition) is 2. The summed E-state index contributed by atoms with van der Waals surface area (Å²) in [5.74, 6) is -2.37. The predicted molar refractivity (Wildman–Crippen MR) is 130 cm³/mol. The Morgan fingerprint density at radius 3 is 2.50 bits per heavy atom. The van der Waals surface area contributed by atoms with Crippen LogP contribution in [-0.4, -0.2) is 23.7 Å². The highest BCUT2D eigenvalue weighted by atomic mass is 35.5. The van der Waals surface area contributed by atoms with Gasteiger partial charge in [-0.05, 0) is 61.4 Å². The molecule has 2 N–H and O–H groups in total. The van der Waals surface area contributed by atoms with Crippen molar-refractivity contribution in [2.24, 2.45) is 5.92 Å². The van der Waals surface area contributed by atoms with Crippen LogP contribution in [0.2, 0.25) is 10.0 Å². The number of hydrogen-bond acceptors (Lipinski definition) is 4. The fourth-order valence-electron chi connectivity index (χ4n) is 4.19. The first-order chi connectivity index (χ1) is 16.2. The van der Waals surface area contributed by atoms with Gasteiger partial charge in [-0.25, -0.2) is 8.78 Å². The van der Waals surface area contributed by atoms with Gasteiger partial charge in [-0.15, -0.1) is 0 Å². The minimum Gasteiger partial charge on any atom is -0.366 e. The van der Waals surface area contributed by atoms with E-state index in [-0.39, 0.29) is 22.2 Å². The molecule has 0 spiro atoms. The molecule has 0 atom stereocenters. The zero-order valence-corrected chi connectivity index (χ0v) is 20.1. The average Bonchev–Trinajstić information content (AvgIpc) is 3.27. The molecule has 0 unspecified atom stereocenters. The fraction of sp³-hybridized carbons (Fsp3) is 0.360. The van der Waals surface area contributed by atoms with Crippen molar-refractivity contribution in [1.29, 1.82) is 0 Å². The van der Waals surface area contributed by atoms with Gasteiger partial charge in [0.05, 0.1) is 16.1 Å². The van der Waals surface area contributed by atoms with Crippen LogP contribution in [0.4, 0.5) is 14.6 Å². The first kappa shape index (κ1) is 24.5. The minimum atomic E-state index is -3.04. The lowest BCUT2D eigenvalue weighted by Crippen LogP contribution is -2.38. The summed E-state index contributed by atoms with van der Waals surface area (Å²) in [6.07, 6.45) is 5.01. The van der Waals surface area contributed by atoms with Crippen LogP contribution >= 0.6 is 23.2 Å². The summed E-state index contributed by atoms with van der Waals surface area (Å²) in [5, 5.41) is 11.2. The highest BCUT2D eigenvalue weighted by Gasteiger charge is 2.28. The Bertz CT molecular complexity index is 1140. The standard InChI is InChI=1S/C25H25Cl2F2N3O2/c1-25(28,29)17-6-11-22(27)20(12-17)24(33)31-19-9-2-15(3-10-19)13-30-23-21(14-34-32-23)16-4-7-18(26)8-5-16/h4-8,11-12,14-15,19H,2-3,9-10,13H2,1H3,(H,30,32)(H,31,33). The number of alkyl halides is 2. The number of amides is 1. The van der Waals surface area contributed by atoms with Gasteiger partial charge in [-0.3, -0.25) is 4.79 Å². The number of benzene rings is 2. The molecule has 9 heteroatoms. The third-order valence-electron chi connectivity index (χ3n) is 6.18. The van der Waals surface area contributed by atoms with Crippen molar-refractivity contribution < 1.29 is 18.1 Å². The maximum Gasteiger partial charge on any atom is 0.270 e. The highest BCUT2D eigenvalue weighted by Crippen LogP contribution is 2.32. The second-order valence-corrected chi connectivity index (χ2v) is 9.58. The first-order valence-electron chi connectivity index (χ1n) is 11.1. The minimum absolute atomic E-state index is 0.0257. The molecular formula is C25H25Cl2F2N3O2. The van der Waals surface area contributed by atoms with E-state index in [1.54, 1.807) is 6.26 Å². The Kier molecular flexibility index (Phi) is 7.43. The molecule has 1 saturated carbocycles. The van der Waals surface area contributed by atoms with Crippen molar-refractivity contribution in [2.45, 2.75) is 44.6 Å². The number of nitrogens with zero attached hydrogens (tertiary/aromatic N) is 1. The van der Waals surface area contributed by atoms with E-state index in [1.165, 1.54) is 18.2 Å². The summed E-state index contributed by atoms with van der Waals surface area (Å²) in [4.78, 5) is 12.7. The maximum absolute atomic E-state index is 13.6. The Labute approximate surface area is 206 Å². The number of rotatable bonds is 7. The largest absolute Gasteiger partial charge is 0.366 e. The van der Waals surface area contributed by atoms with Crippen LogP contribution in [0.25, 0.3) is 11.1 Å². The molecule has 3 aromatic rings. The van der Waals surface area contributed by atoms with Crippen LogP contribution in [0, 0.1) is 5.92 Å². The lowest BCUT2D eigenvalue weighted by atomic mass is 9.86. The lowest BCUT2D eigenvalue weighted by Gasteiger charge is -2.29. The topological polar surface area (TPSA) is 67.2 Å². The van der Waals surface area contributed by atoms with Crippen molar-refractivity contribution in [3.8, 4) is 11.1 Å². The van der Waals surface area contributed by atoms with Crippen molar-refractivity contribution >= 4 is 34.9 Å². The Hall–Kier alpha value is -2.64. The van der Waals surface area contributed by atoms with Crippen LogP contribution < -0.4 is 10.6 Å². The van der Waals surface area contributed by atoms with Gasteiger partial charge < -0.3 is 15.2 Å². The predicted octanol–water partition coefficient (Wildman–Crippen LogP) is 7.16. The summed E-state index contributed by atoms with van der Waals surface area (Å²) < 4.78 is 32.5. The second-order valence-electron chi connectivity index (χ2n) is 8.74. The lowest BCUT2D eigenvalue weighted by molar-refractivity contribution is 0.0174. The number of anilines is 1. The normalized spacial score (nSPS) is 18.5. The van der Waals surface area contributed by atoms with Gasteiger partial charge in [-0.2, -0.15) is 0 Å². The number of halogens is 4. The molecule has 2 aromatic carbocycles. The molecule has 0 aliphatic heterocycles. The van der Waals surface area contributed by atoms with Crippen molar-refractivity contribution in [3.63, 3.8) is 0 Å². The molecule has 0 radical (unpaired) electrons. The molecular weight excluding hydrogens is 483 g/mol. The monoisotopic (exact) mass is 507 g/mol. The average molecular weight is 508 g/mol. The van der Waals surface area contributed by atoms with Gasteiger partial charge in [0, 0.05) is 30.1 Å². The van der Waals surface area contributed by atoms with Crippen molar-refractivity contribution in [2.75, 3.05) is 11.9 Å². The number of carbonyl (C=O) groups excluding carboxylic acids is 1. The van der Waals surface area contributed by atoms with Gasteiger partial charge in [0.2, 0.25) is 0 Å². The molecule has 1 heterocycles. The van der Waals surface area contributed by atoms with E-state index < -0.39 is 11.8 Å². The summed E-state index contributed by atoms with van der Waals surface area (Å²) in [5.41, 5.74) is 1.67. The van der Waals surface area contributed by atoms with E-state index in [0.29, 0.717) is 16.8 Å². The number of carbonyl (C=O) groups is 1. The van der Waals surface area contributed by atoms with Gasteiger partial charge in [0.1, 0.15) is 6.26 Å². The molecule has 0 saturated heterocycles. The molecule has 5 nitrogen and oxygen atoms in total. The maximum atomic E-state index is 13.6. The summed E-state index contributed by atoms with van der Waals surface area (Å²) in [6.45, 7) is 1.53. The molecule has 1 amide bonds. The zero-order chi connectivity index (χ0) is 24.3. The third kappa shape index (κ3) is 5.88. The third-order valence-corrected chi connectivity index (χ3v) is 6.76. The molecule has 4 rings (SSSR count). The quantitative estimate of drug-likeness (QED) is 0.355. The zero-order valence-electron chi connectivity index (χ0n) is 18.6. The number of nitrogens with one attached hydrogen (secondary N) is 2. The van der Waals surface area contributed by atoms with E-state index in [2.05, 4.69) is 15.8 Å². The molecule has 0 bridgehead atoms. The summed E-state index contributed by atoms with van der Waals surface area (Å²) in [6, 6.07) is 11.2. The molecule has 1 aromatic heterocycles. The SMILES string of the molecule is CC(F)(F)c1ccc(Cl)c(C(=O)NC2CCC(CNc3nocc3-c3ccc(Cl)cc3)CC2)c1. The van der Waals surface area contributed by atoms with E-state index in [4.69, 9.17) is 27.7 Å². The summed E-state index contributed by atoms with van der Waals surface area (Å²) >= 11 is 12.1. The fourth-order valence-corrected chi connectivity index (χ4v) is 4.52. The molecule has 1 fully saturated rings. The van der Waals surface area contributed by atoms with E-state index in [9.17, 15) is 13.6 Å². The van der Waals surface area contributed by atoms with E-state index in [1.807, 2.05) is 24.3 Å². The Balaban J connectivity index is 1.29. The van der Waals surface area contributed by atoms with Gasteiger partial charge in [-0.1, -0.05) is 46.6 Å². The second kappa shape index (κ2) is 10.3. The molecule has 1 aliphatic rings. The smallest absolute Gasteiger partial charge is 0.270 e. The van der Waals surface area contributed by atoms with Crippen molar-refractivity contribution in [3.05, 3.63) is 69.9 Å². The van der Waals surface area contributed by atoms with E-state index in [0.717, 1.165) is 50.3 Å². The molecule has 34 heavy (non-hydrogen) atoms. The van der Waals surface area contributed by atoms with Gasteiger partial charge >= 0.3 is 0 Å². The van der Waals surface area contributed by atoms with Gasteiger partial charge in [0.15, 0.2) is 5.82 Å². The molecule has 180 valence electrons. The van der Waals surface area contributed by atoms with Gasteiger partial charge in [0.25, 0.3) is 11.8 Å².